The second-order valence-corrected chi connectivity index (χ2v) is 7.84. The Morgan fingerprint density at radius 1 is 1.18 bits per heavy atom. The fourth-order valence-electron chi connectivity index (χ4n) is 3.53. The highest BCUT2D eigenvalue weighted by Gasteiger charge is 2.38. The number of amides is 1. The van der Waals surface area contributed by atoms with E-state index in [4.69, 9.17) is 4.42 Å². The molecule has 0 aliphatic heterocycles. The molecule has 0 spiro atoms. The van der Waals surface area contributed by atoms with Gasteiger partial charge in [-0.25, -0.2) is 4.98 Å². The number of carbonyl (C=O) groups excluding carboxylic acids is 1. The van der Waals surface area contributed by atoms with E-state index in [1.807, 2.05) is 12.3 Å². The third-order valence-electron chi connectivity index (χ3n) is 5.33. The number of pyridine rings is 1. The molecule has 3 aromatic heterocycles. The number of nitrogens with zero attached hydrogens (tertiary/aromatic N) is 4. The van der Waals surface area contributed by atoms with Crippen LogP contribution >= 0.6 is 0 Å². The van der Waals surface area contributed by atoms with Gasteiger partial charge in [0.15, 0.2) is 5.69 Å². The summed E-state index contributed by atoms with van der Waals surface area (Å²) in [5, 5.41) is 2.75. The zero-order chi connectivity index (χ0) is 23.8. The van der Waals surface area contributed by atoms with Crippen molar-refractivity contribution in [1.82, 2.24) is 19.7 Å². The second kappa shape index (κ2) is 8.91. The van der Waals surface area contributed by atoms with Crippen LogP contribution in [0.4, 0.5) is 22.0 Å². The average molecular weight is 469 g/mol. The first-order valence-electron chi connectivity index (χ1n) is 10.3. The summed E-state index contributed by atoms with van der Waals surface area (Å²) in [6, 6.07) is 4.33. The highest BCUT2D eigenvalue weighted by molar-refractivity contribution is 5.90. The number of rotatable bonds is 4. The first-order chi connectivity index (χ1) is 15.6. The van der Waals surface area contributed by atoms with Crippen molar-refractivity contribution in [2.24, 2.45) is 5.73 Å². The predicted octanol–water partition coefficient (Wildman–Crippen LogP) is 4.89. The molecule has 0 aromatic carbocycles. The minimum atomic E-state index is -5.02. The van der Waals surface area contributed by atoms with Crippen LogP contribution < -0.4 is 5.73 Å². The molecule has 0 saturated heterocycles. The molecular formula is C21H20F5N5O2. The first kappa shape index (κ1) is 22.9. The Kier molecular flexibility index (Phi) is 6.17. The van der Waals surface area contributed by atoms with Crippen molar-refractivity contribution in [3.05, 3.63) is 52.9 Å². The zero-order valence-electron chi connectivity index (χ0n) is 17.3. The lowest BCUT2D eigenvalue weighted by atomic mass is 10.0. The number of alkyl halides is 5. The van der Waals surface area contributed by atoms with Crippen LogP contribution in [-0.2, 0) is 19.0 Å². The minimum absolute atomic E-state index is 0.175. The maximum Gasteiger partial charge on any atom is 0.433 e. The van der Waals surface area contributed by atoms with Crippen LogP contribution in [0.2, 0.25) is 0 Å². The maximum absolute atomic E-state index is 12.1. The van der Waals surface area contributed by atoms with E-state index in [9.17, 15) is 26.7 Å². The summed E-state index contributed by atoms with van der Waals surface area (Å²) in [6.45, 7) is -3.49. The van der Waals surface area contributed by atoms with Gasteiger partial charge in [-0.05, 0) is 44.2 Å². The molecule has 1 saturated carbocycles. The Morgan fingerprint density at radius 2 is 1.91 bits per heavy atom. The molecule has 5 rings (SSSR count). The van der Waals surface area contributed by atoms with Crippen molar-refractivity contribution in [3.8, 4) is 11.5 Å². The van der Waals surface area contributed by atoms with E-state index in [-0.39, 0.29) is 6.07 Å². The maximum atomic E-state index is 12.1. The molecule has 7 nitrogen and oxygen atoms in total. The van der Waals surface area contributed by atoms with E-state index in [1.165, 1.54) is 37.1 Å². The van der Waals surface area contributed by atoms with E-state index in [1.54, 1.807) is 0 Å². The van der Waals surface area contributed by atoms with E-state index in [0.717, 1.165) is 30.1 Å². The van der Waals surface area contributed by atoms with Gasteiger partial charge in [0.1, 0.15) is 11.5 Å². The third kappa shape index (κ3) is 5.20. The van der Waals surface area contributed by atoms with Gasteiger partial charge in [-0.1, -0.05) is 0 Å². The Bertz CT molecular complexity index is 1130. The number of nitrogens with two attached hydrogens (primary N) is 1. The molecule has 3 aromatic rings. The number of oxazole rings is 1. The molecule has 2 aliphatic rings. The van der Waals surface area contributed by atoms with Crippen molar-refractivity contribution < 1.29 is 31.2 Å². The molecule has 2 N–H and O–H groups in total. The molecule has 0 unspecified atom stereocenters. The monoisotopic (exact) mass is 469 g/mol. The average Bonchev–Trinajstić information content (AvgIpc) is 3.34. The number of aromatic nitrogens is 4. The van der Waals surface area contributed by atoms with Gasteiger partial charge in [0.2, 0.25) is 5.89 Å². The molecule has 0 radical (unpaired) electrons. The number of fused-ring (bicyclic) bond motifs is 1. The zero-order valence-corrected chi connectivity index (χ0v) is 17.3. The Morgan fingerprint density at radius 3 is 2.48 bits per heavy atom. The highest BCUT2D eigenvalue weighted by Crippen LogP contribution is 2.40. The second-order valence-electron chi connectivity index (χ2n) is 7.84. The van der Waals surface area contributed by atoms with Crippen molar-refractivity contribution in [2.45, 2.75) is 57.2 Å². The predicted molar refractivity (Wildman–Crippen MR) is 105 cm³/mol. The summed E-state index contributed by atoms with van der Waals surface area (Å²) < 4.78 is 65.9. The van der Waals surface area contributed by atoms with Gasteiger partial charge in [-0.15, -0.1) is 0 Å². The van der Waals surface area contributed by atoms with Crippen LogP contribution in [0.25, 0.3) is 11.5 Å². The molecule has 0 bridgehead atoms. The van der Waals surface area contributed by atoms with Gasteiger partial charge in [-0.3, -0.25) is 9.78 Å². The van der Waals surface area contributed by atoms with Gasteiger partial charge in [-0.2, -0.15) is 31.7 Å². The van der Waals surface area contributed by atoms with Gasteiger partial charge in [0.25, 0.3) is 5.91 Å². The Hall–Kier alpha value is -3.31. The summed E-state index contributed by atoms with van der Waals surface area (Å²) in [5.74, 6) is 1.25. The summed E-state index contributed by atoms with van der Waals surface area (Å²) in [6.07, 6.45) is 4.00. The number of hydrogen-bond donors (Lipinski definition) is 1. The van der Waals surface area contributed by atoms with Crippen LogP contribution in [-0.4, -0.2) is 25.7 Å². The molecule has 3 heterocycles. The Balaban J connectivity index is 0.000000161. The van der Waals surface area contributed by atoms with Crippen molar-refractivity contribution in [1.29, 1.82) is 0 Å². The van der Waals surface area contributed by atoms with Crippen molar-refractivity contribution >= 4 is 5.91 Å². The first-order valence-corrected chi connectivity index (χ1v) is 10.3. The van der Waals surface area contributed by atoms with Crippen LogP contribution in [0.3, 0.4) is 0 Å². The fourth-order valence-corrected chi connectivity index (χ4v) is 3.53. The molecule has 33 heavy (non-hydrogen) atoms. The minimum Gasteiger partial charge on any atom is -0.441 e. The number of carbonyl (C=O) groups is 1. The van der Waals surface area contributed by atoms with Crippen molar-refractivity contribution in [2.75, 3.05) is 0 Å². The summed E-state index contributed by atoms with van der Waals surface area (Å²) in [5.41, 5.74) is 5.49. The lowest BCUT2D eigenvalue weighted by Crippen LogP contribution is -2.15. The number of primary amides is 1. The van der Waals surface area contributed by atoms with E-state index < -0.39 is 34.7 Å². The summed E-state index contributed by atoms with van der Waals surface area (Å²) in [7, 11) is 0. The quantitative estimate of drug-likeness (QED) is 0.549. The molecule has 0 atom stereocenters. The van der Waals surface area contributed by atoms with E-state index in [2.05, 4.69) is 26.9 Å². The smallest absolute Gasteiger partial charge is 0.433 e. The SMILES string of the molecule is NC(=O)c1cc(C(F)(F)F)n(C(F)F)n1.c1cc(-c2nc3c(o2)CCCC3)cc(C2CC2)n1. The summed E-state index contributed by atoms with van der Waals surface area (Å²) >= 11 is 0. The lowest BCUT2D eigenvalue weighted by molar-refractivity contribution is -0.149. The molecule has 1 amide bonds. The molecule has 2 aliphatic carbocycles. The molecule has 176 valence electrons. The van der Waals surface area contributed by atoms with Crippen molar-refractivity contribution in [3.63, 3.8) is 0 Å². The lowest BCUT2D eigenvalue weighted by Gasteiger charge is -2.08. The third-order valence-corrected chi connectivity index (χ3v) is 5.33. The molecular weight excluding hydrogens is 449 g/mol. The van der Waals surface area contributed by atoms with Crippen LogP contribution in [0.5, 0.6) is 0 Å². The summed E-state index contributed by atoms with van der Waals surface area (Å²) in [4.78, 5) is 19.5. The van der Waals surface area contributed by atoms with E-state index in [0.29, 0.717) is 5.92 Å². The van der Waals surface area contributed by atoms with Gasteiger partial charge in [0, 0.05) is 35.9 Å². The number of halogens is 5. The van der Waals surface area contributed by atoms with Gasteiger partial charge < -0.3 is 10.2 Å². The number of aryl methyl sites for hydroxylation is 2. The fraction of sp³-hybridized carbons (Fsp3) is 0.429. The Labute approximate surface area is 184 Å². The molecule has 1 fully saturated rings. The normalized spacial score (nSPS) is 15.7. The van der Waals surface area contributed by atoms with E-state index >= 15 is 0 Å². The topological polar surface area (TPSA) is 99.8 Å². The highest BCUT2D eigenvalue weighted by atomic mass is 19.4. The standard InChI is InChI=1S/C15H16N2O.C6H4F5N3O/c1-2-4-14-12(3-1)17-15(18-14)11-7-8-16-13(9-11)10-5-6-10;7-5(8)14-3(6(9,10)11)1-2(13-14)4(12)15/h7-10H,1-6H2;1,5H,(H2,12,15). The number of hydrogen-bond acceptors (Lipinski definition) is 5. The van der Waals surface area contributed by atoms with Crippen LogP contribution in [0, 0.1) is 0 Å². The van der Waals surface area contributed by atoms with Crippen LogP contribution in [0.1, 0.15) is 71.5 Å². The molecule has 12 heteroatoms. The van der Waals surface area contributed by atoms with Gasteiger partial charge >= 0.3 is 12.7 Å². The largest absolute Gasteiger partial charge is 0.441 e. The van der Waals surface area contributed by atoms with Crippen LogP contribution in [0.15, 0.2) is 28.8 Å². The van der Waals surface area contributed by atoms with Gasteiger partial charge in [0.05, 0.1) is 5.69 Å².